The van der Waals surface area contributed by atoms with Crippen LogP contribution < -0.4 is 5.19 Å². The largest absolute Gasteiger partial charge is 0.466 e. The minimum atomic E-state index is -1.76. The molecule has 0 saturated carbocycles. The van der Waals surface area contributed by atoms with E-state index in [9.17, 15) is 4.79 Å². The van der Waals surface area contributed by atoms with Gasteiger partial charge in [-0.15, -0.1) is 0 Å². The van der Waals surface area contributed by atoms with Gasteiger partial charge in [0.05, 0.1) is 15.2 Å². The van der Waals surface area contributed by atoms with Crippen molar-refractivity contribution in [2.24, 2.45) is 0 Å². The maximum Gasteiger partial charge on any atom is 0.333 e. The molecule has 3 heteroatoms. The smallest absolute Gasteiger partial charge is 0.333 e. The monoisotopic (exact) mass is 324 g/mol. The highest BCUT2D eigenvalue weighted by Crippen LogP contribution is 2.21. The van der Waals surface area contributed by atoms with Crippen LogP contribution in [0.25, 0.3) is 6.08 Å². The number of methoxy groups -OCH3 is 1. The number of aryl methyl sites for hydroxylation is 1. The highest BCUT2D eigenvalue weighted by Gasteiger charge is 2.27. The third kappa shape index (κ3) is 4.67. The van der Waals surface area contributed by atoms with Crippen molar-refractivity contribution in [3.63, 3.8) is 0 Å². The number of hydrogen-bond acceptors (Lipinski definition) is 2. The first-order valence-corrected chi connectivity index (χ1v) is 11.0. The normalized spacial score (nSPS) is 12.1. The van der Waals surface area contributed by atoms with Crippen LogP contribution in [0.2, 0.25) is 19.1 Å². The molecule has 23 heavy (non-hydrogen) atoms. The van der Waals surface area contributed by atoms with Gasteiger partial charge in [0.2, 0.25) is 0 Å². The Bertz CT molecular complexity index is 685. The van der Waals surface area contributed by atoms with Crippen LogP contribution in [0.3, 0.4) is 0 Å². The fraction of sp³-hybridized carbons (Fsp3) is 0.250. The third-order valence-corrected chi connectivity index (χ3v) is 7.21. The second-order valence-corrected chi connectivity index (χ2v) is 11.2. The van der Waals surface area contributed by atoms with Crippen LogP contribution in [0.5, 0.6) is 0 Å². The molecule has 0 atom stereocenters. The molecule has 0 bridgehead atoms. The molecule has 0 spiro atoms. The van der Waals surface area contributed by atoms with E-state index in [1.54, 1.807) is 0 Å². The summed E-state index contributed by atoms with van der Waals surface area (Å²) in [5.41, 5.74) is 2.99. The number of hydrogen-bond donors (Lipinski definition) is 0. The van der Waals surface area contributed by atoms with Crippen molar-refractivity contribution < 1.29 is 9.53 Å². The first-order chi connectivity index (χ1) is 10.9. The Labute approximate surface area is 139 Å². The molecule has 0 aliphatic carbocycles. The van der Waals surface area contributed by atoms with Crippen molar-refractivity contribution in [3.05, 3.63) is 71.3 Å². The van der Waals surface area contributed by atoms with E-state index in [1.165, 1.54) is 17.9 Å². The van der Waals surface area contributed by atoms with Gasteiger partial charge < -0.3 is 4.74 Å². The molecule has 2 aromatic carbocycles. The van der Waals surface area contributed by atoms with Crippen molar-refractivity contribution in [3.8, 4) is 0 Å². The Balaban J connectivity index is 2.32. The van der Waals surface area contributed by atoms with E-state index in [4.69, 9.17) is 4.74 Å². The molecule has 0 aliphatic heterocycles. The zero-order valence-corrected chi connectivity index (χ0v) is 15.3. The van der Waals surface area contributed by atoms with Crippen molar-refractivity contribution in [1.29, 1.82) is 0 Å². The van der Waals surface area contributed by atoms with E-state index in [2.05, 4.69) is 56.4 Å². The highest BCUT2D eigenvalue weighted by molar-refractivity contribution is 6.90. The van der Waals surface area contributed by atoms with Crippen molar-refractivity contribution in [2.45, 2.75) is 26.1 Å². The van der Waals surface area contributed by atoms with Gasteiger partial charge >= 0.3 is 5.97 Å². The maximum absolute atomic E-state index is 12.2. The quantitative estimate of drug-likeness (QED) is 0.469. The third-order valence-electron chi connectivity index (χ3n) is 4.05. The Kier molecular flexibility index (Phi) is 5.56. The van der Waals surface area contributed by atoms with Crippen LogP contribution in [0.15, 0.2) is 60.2 Å². The second kappa shape index (κ2) is 7.42. The first-order valence-electron chi connectivity index (χ1n) is 7.83. The van der Waals surface area contributed by atoms with Crippen LogP contribution in [-0.4, -0.2) is 21.2 Å². The summed E-state index contributed by atoms with van der Waals surface area (Å²) in [6, 6.07) is 19.4. The Morgan fingerprint density at radius 3 is 2.22 bits per heavy atom. The van der Waals surface area contributed by atoms with Gasteiger partial charge in [0.15, 0.2) is 0 Å². The van der Waals surface area contributed by atoms with Gasteiger partial charge in [-0.05, 0) is 24.6 Å². The standard InChI is InChI=1S/C20H24O2Si/c1-16-10-12-17(13-11-16)14-18(20(21)22-2)15-23(3,4)19-8-6-5-7-9-19/h5-14H,15H2,1-4H3/b18-14-. The summed E-state index contributed by atoms with van der Waals surface area (Å²) in [4.78, 5) is 12.2. The maximum atomic E-state index is 12.2. The SMILES string of the molecule is COC(=O)/C(=C\c1ccc(C)cc1)C[Si](C)(C)c1ccccc1. The van der Waals surface area contributed by atoms with Crippen LogP contribution in [0, 0.1) is 6.92 Å². The molecular formula is C20H24O2Si. The van der Waals surface area contributed by atoms with Gasteiger partial charge in [0.25, 0.3) is 0 Å². The average Bonchev–Trinajstić information content (AvgIpc) is 2.56. The number of carbonyl (C=O) groups is 1. The first kappa shape index (κ1) is 17.2. The molecule has 0 fully saturated rings. The van der Waals surface area contributed by atoms with Gasteiger partial charge in [-0.2, -0.15) is 0 Å². The van der Waals surface area contributed by atoms with Crippen LogP contribution in [-0.2, 0) is 9.53 Å². The molecule has 0 heterocycles. The minimum absolute atomic E-state index is 0.234. The molecule has 120 valence electrons. The van der Waals surface area contributed by atoms with Gasteiger partial charge in [-0.1, -0.05) is 78.4 Å². The summed E-state index contributed by atoms with van der Waals surface area (Å²) in [5.74, 6) is -0.234. The van der Waals surface area contributed by atoms with Crippen LogP contribution >= 0.6 is 0 Å². The highest BCUT2D eigenvalue weighted by atomic mass is 28.3. The van der Waals surface area contributed by atoms with Crippen molar-refractivity contribution in [2.75, 3.05) is 7.11 Å². The van der Waals surface area contributed by atoms with Crippen molar-refractivity contribution >= 4 is 25.3 Å². The fourth-order valence-corrected chi connectivity index (χ4v) is 5.14. The molecule has 0 radical (unpaired) electrons. The summed E-state index contributed by atoms with van der Waals surface area (Å²) in [5, 5.41) is 1.35. The average molecular weight is 324 g/mol. The minimum Gasteiger partial charge on any atom is -0.466 e. The molecule has 0 amide bonds. The lowest BCUT2D eigenvalue weighted by Gasteiger charge is -2.23. The number of esters is 1. The van der Waals surface area contributed by atoms with Gasteiger partial charge in [0.1, 0.15) is 0 Å². The van der Waals surface area contributed by atoms with Gasteiger partial charge in [-0.3, -0.25) is 0 Å². The molecule has 2 aromatic rings. The summed E-state index contributed by atoms with van der Waals surface area (Å²) in [6.45, 7) is 6.63. The van der Waals surface area contributed by atoms with E-state index in [-0.39, 0.29) is 5.97 Å². The van der Waals surface area contributed by atoms with Gasteiger partial charge in [-0.25, -0.2) is 4.79 Å². The zero-order chi connectivity index (χ0) is 16.9. The number of benzene rings is 2. The zero-order valence-electron chi connectivity index (χ0n) is 14.3. The molecular weight excluding hydrogens is 300 g/mol. The Hall–Kier alpha value is -2.13. The van der Waals surface area contributed by atoms with E-state index in [0.29, 0.717) is 0 Å². The lowest BCUT2D eigenvalue weighted by Crippen LogP contribution is -2.42. The molecule has 2 rings (SSSR count). The molecule has 2 nitrogen and oxygen atoms in total. The number of rotatable bonds is 5. The second-order valence-electron chi connectivity index (χ2n) is 6.50. The predicted octanol–water partition coefficient (Wildman–Crippen LogP) is 4.17. The van der Waals surface area contributed by atoms with E-state index >= 15 is 0 Å². The van der Waals surface area contributed by atoms with Crippen LogP contribution in [0.4, 0.5) is 0 Å². The fourth-order valence-electron chi connectivity index (χ4n) is 2.64. The Morgan fingerprint density at radius 2 is 1.65 bits per heavy atom. The number of ether oxygens (including phenoxy) is 1. The summed E-state index contributed by atoms with van der Waals surface area (Å²) in [6.07, 6.45) is 1.96. The van der Waals surface area contributed by atoms with E-state index in [1.807, 2.05) is 24.3 Å². The van der Waals surface area contributed by atoms with E-state index < -0.39 is 8.07 Å². The van der Waals surface area contributed by atoms with Gasteiger partial charge in [0, 0.05) is 5.57 Å². The molecule has 0 aromatic heterocycles. The summed E-state index contributed by atoms with van der Waals surface area (Å²) < 4.78 is 5.01. The van der Waals surface area contributed by atoms with Crippen LogP contribution in [0.1, 0.15) is 11.1 Å². The molecule has 0 N–H and O–H groups in total. The molecule has 0 unspecified atom stereocenters. The lowest BCUT2D eigenvalue weighted by molar-refractivity contribution is -0.135. The topological polar surface area (TPSA) is 26.3 Å². The predicted molar refractivity (Wildman–Crippen MR) is 99.5 cm³/mol. The molecule has 0 saturated heterocycles. The number of carbonyl (C=O) groups excluding carboxylic acids is 1. The summed E-state index contributed by atoms with van der Waals surface area (Å²) in [7, 11) is -0.309. The lowest BCUT2D eigenvalue weighted by atomic mass is 10.1. The summed E-state index contributed by atoms with van der Waals surface area (Å²) >= 11 is 0. The van der Waals surface area contributed by atoms with Crippen molar-refractivity contribution in [1.82, 2.24) is 0 Å². The Morgan fingerprint density at radius 1 is 1.04 bits per heavy atom. The molecule has 0 aliphatic rings. The van der Waals surface area contributed by atoms with E-state index in [0.717, 1.165) is 17.2 Å².